The molecule has 1 saturated heterocycles. The fourth-order valence-corrected chi connectivity index (χ4v) is 4.23. The van der Waals surface area contributed by atoms with Crippen molar-refractivity contribution in [3.05, 3.63) is 58.7 Å². The summed E-state index contributed by atoms with van der Waals surface area (Å²) in [5.74, 6) is 1.84. The minimum absolute atomic E-state index is 0.313. The number of thiazole rings is 1. The van der Waals surface area contributed by atoms with Crippen LogP contribution in [0.1, 0.15) is 36.5 Å². The molecule has 2 aromatic heterocycles. The van der Waals surface area contributed by atoms with Gasteiger partial charge in [0.05, 0.1) is 6.04 Å². The van der Waals surface area contributed by atoms with E-state index >= 15 is 0 Å². The van der Waals surface area contributed by atoms with Crippen molar-refractivity contribution in [2.24, 2.45) is 0 Å². The van der Waals surface area contributed by atoms with Crippen LogP contribution in [0.25, 0.3) is 11.4 Å². The SMILES string of the molecule is Cc1cc(N2CCC(N[C@@H](C)c3nccs3)CC2)nc(-c2ccccc2)n1. The lowest BCUT2D eigenvalue weighted by molar-refractivity contribution is 0.379. The zero-order chi connectivity index (χ0) is 18.6. The summed E-state index contributed by atoms with van der Waals surface area (Å²) in [6.45, 7) is 6.26. The molecule has 0 amide bonds. The largest absolute Gasteiger partial charge is 0.356 e. The number of rotatable bonds is 5. The molecule has 1 atom stereocenters. The number of benzene rings is 1. The van der Waals surface area contributed by atoms with Crippen LogP contribution in [0.4, 0.5) is 5.82 Å². The van der Waals surface area contributed by atoms with Crippen LogP contribution in [-0.2, 0) is 0 Å². The Morgan fingerprint density at radius 2 is 1.93 bits per heavy atom. The van der Waals surface area contributed by atoms with E-state index in [2.05, 4.69) is 45.3 Å². The highest BCUT2D eigenvalue weighted by molar-refractivity contribution is 7.09. The van der Waals surface area contributed by atoms with Crippen molar-refractivity contribution in [1.82, 2.24) is 20.3 Å². The average molecular weight is 380 g/mol. The van der Waals surface area contributed by atoms with Crippen LogP contribution >= 0.6 is 11.3 Å². The number of aryl methyl sites for hydroxylation is 1. The number of piperidine rings is 1. The molecule has 0 aliphatic carbocycles. The zero-order valence-electron chi connectivity index (χ0n) is 15.8. The average Bonchev–Trinajstić information content (AvgIpc) is 3.24. The van der Waals surface area contributed by atoms with Gasteiger partial charge in [0, 0.05) is 48.0 Å². The van der Waals surface area contributed by atoms with Crippen LogP contribution in [0.15, 0.2) is 48.0 Å². The molecule has 0 bridgehead atoms. The first-order valence-electron chi connectivity index (χ1n) is 9.50. The molecule has 4 rings (SSSR count). The summed E-state index contributed by atoms with van der Waals surface area (Å²) in [5.41, 5.74) is 2.08. The van der Waals surface area contributed by atoms with E-state index < -0.39 is 0 Å². The van der Waals surface area contributed by atoms with E-state index in [-0.39, 0.29) is 0 Å². The van der Waals surface area contributed by atoms with E-state index in [0.29, 0.717) is 12.1 Å². The third kappa shape index (κ3) is 4.34. The molecule has 1 aliphatic rings. The molecule has 140 valence electrons. The predicted molar refractivity (Wildman–Crippen MR) is 111 cm³/mol. The van der Waals surface area contributed by atoms with Gasteiger partial charge in [0.2, 0.25) is 0 Å². The van der Waals surface area contributed by atoms with Gasteiger partial charge in [0.25, 0.3) is 0 Å². The van der Waals surface area contributed by atoms with E-state index in [1.165, 1.54) is 0 Å². The Hall–Kier alpha value is -2.31. The Kier molecular flexibility index (Phi) is 5.45. The number of nitrogens with zero attached hydrogens (tertiary/aromatic N) is 4. The van der Waals surface area contributed by atoms with Gasteiger partial charge >= 0.3 is 0 Å². The highest BCUT2D eigenvalue weighted by atomic mass is 32.1. The van der Waals surface area contributed by atoms with Gasteiger partial charge in [-0.2, -0.15) is 0 Å². The Bertz CT molecular complexity index is 858. The van der Waals surface area contributed by atoms with E-state index in [1.54, 1.807) is 11.3 Å². The highest BCUT2D eigenvalue weighted by Crippen LogP contribution is 2.24. The summed E-state index contributed by atoms with van der Waals surface area (Å²) < 4.78 is 0. The first-order valence-corrected chi connectivity index (χ1v) is 10.4. The molecule has 1 aliphatic heterocycles. The van der Waals surface area contributed by atoms with Crippen molar-refractivity contribution in [3.8, 4) is 11.4 Å². The summed E-state index contributed by atoms with van der Waals surface area (Å²) in [4.78, 5) is 16.3. The summed E-state index contributed by atoms with van der Waals surface area (Å²) >= 11 is 1.72. The van der Waals surface area contributed by atoms with Gasteiger partial charge in [-0.25, -0.2) is 15.0 Å². The molecular formula is C21H25N5S. The molecular weight excluding hydrogens is 354 g/mol. The van der Waals surface area contributed by atoms with Crippen LogP contribution in [-0.4, -0.2) is 34.1 Å². The minimum atomic E-state index is 0.313. The molecule has 27 heavy (non-hydrogen) atoms. The van der Waals surface area contributed by atoms with Gasteiger partial charge in [0.15, 0.2) is 5.82 Å². The lowest BCUT2D eigenvalue weighted by Crippen LogP contribution is -2.43. The molecule has 1 aromatic carbocycles. The number of hydrogen-bond acceptors (Lipinski definition) is 6. The fraction of sp³-hybridized carbons (Fsp3) is 0.381. The Labute approximate surface area is 164 Å². The lowest BCUT2D eigenvalue weighted by atomic mass is 10.0. The monoisotopic (exact) mass is 379 g/mol. The standard InChI is InChI=1S/C21H25N5S/c1-15-14-19(25-20(23-15)17-6-4-3-5-7-17)26-11-8-18(9-12-26)24-16(2)21-22-10-13-27-21/h3-7,10,13-14,16,18,24H,8-9,11-12H2,1-2H3/t16-/m0/s1. The lowest BCUT2D eigenvalue weighted by Gasteiger charge is -2.34. The summed E-state index contributed by atoms with van der Waals surface area (Å²) in [6.07, 6.45) is 4.10. The first-order chi connectivity index (χ1) is 13.2. The molecule has 0 radical (unpaired) electrons. The van der Waals surface area contributed by atoms with Crippen molar-refractivity contribution in [2.75, 3.05) is 18.0 Å². The van der Waals surface area contributed by atoms with Gasteiger partial charge < -0.3 is 10.2 Å². The molecule has 0 unspecified atom stereocenters. The smallest absolute Gasteiger partial charge is 0.161 e. The van der Waals surface area contributed by atoms with E-state index in [9.17, 15) is 0 Å². The third-order valence-electron chi connectivity index (χ3n) is 5.00. The molecule has 6 heteroatoms. The minimum Gasteiger partial charge on any atom is -0.356 e. The highest BCUT2D eigenvalue weighted by Gasteiger charge is 2.23. The van der Waals surface area contributed by atoms with Crippen molar-refractivity contribution in [3.63, 3.8) is 0 Å². The van der Waals surface area contributed by atoms with E-state index in [1.807, 2.05) is 36.7 Å². The van der Waals surface area contributed by atoms with Gasteiger partial charge in [-0.05, 0) is 26.7 Å². The maximum absolute atomic E-state index is 4.84. The van der Waals surface area contributed by atoms with Crippen molar-refractivity contribution in [2.45, 2.75) is 38.8 Å². The molecule has 3 heterocycles. The van der Waals surface area contributed by atoms with Gasteiger partial charge in [0.1, 0.15) is 10.8 Å². The topological polar surface area (TPSA) is 53.9 Å². The maximum atomic E-state index is 4.84. The van der Waals surface area contributed by atoms with Gasteiger partial charge in [-0.15, -0.1) is 11.3 Å². The van der Waals surface area contributed by atoms with Gasteiger partial charge in [-0.1, -0.05) is 30.3 Å². The maximum Gasteiger partial charge on any atom is 0.161 e. The van der Waals surface area contributed by atoms with Crippen molar-refractivity contribution < 1.29 is 0 Å². The number of nitrogens with one attached hydrogen (secondary N) is 1. The number of anilines is 1. The van der Waals surface area contributed by atoms with Gasteiger partial charge in [-0.3, -0.25) is 0 Å². The van der Waals surface area contributed by atoms with Crippen LogP contribution in [0.5, 0.6) is 0 Å². The van der Waals surface area contributed by atoms with E-state index in [0.717, 1.165) is 53.8 Å². The summed E-state index contributed by atoms with van der Waals surface area (Å²) in [6, 6.07) is 13.1. The molecule has 0 saturated carbocycles. The van der Waals surface area contributed by atoms with Crippen LogP contribution in [0, 0.1) is 6.92 Å². The van der Waals surface area contributed by atoms with E-state index in [4.69, 9.17) is 4.98 Å². The number of hydrogen-bond donors (Lipinski definition) is 1. The Balaban J connectivity index is 1.41. The van der Waals surface area contributed by atoms with Crippen LogP contribution in [0.2, 0.25) is 0 Å². The fourth-order valence-electron chi connectivity index (χ4n) is 3.58. The van der Waals surface area contributed by atoms with Crippen LogP contribution in [0.3, 0.4) is 0 Å². The van der Waals surface area contributed by atoms with Crippen molar-refractivity contribution >= 4 is 17.2 Å². The molecule has 1 fully saturated rings. The number of aromatic nitrogens is 3. The summed E-state index contributed by atoms with van der Waals surface area (Å²) in [7, 11) is 0. The van der Waals surface area contributed by atoms with Crippen molar-refractivity contribution in [1.29, 1.82) is 0 Å². The third-order valence-corrected chi connectivity index (χ3v) is 5.96. The zero-order valence-corrected chi connectivity index (χ0v) is 16.6. The molecule has 5 nitrogen and oxygen atoms in total. The normalized spacial score (nSPS) is 16.4. The predicted octanol–water partition coefficient (Wildman–Crippen LogP) is 4.23. The van der Waals surface area contributed by atoms with Crippen LogP contribution < -0.4 is 10.2 Å². The Morgan fingerprint density at radius 1 is 1.15 bits per heavy atom. The Morgan fingerprint density at radius 3 is 2.63 bits per heavy atom. The second kappa shape index (κ2) is 8.15. The molecule has 0 spiro atoms. The summed E-state index contributed by atoms with van der Waals surface area (Å²) in [5, 5.41) is 6.93. The second-order valence-corrected chi connectivity index (χ2v) is 8.00. The quantitative estimate of drug-likeness (QED) is 0.719. The molecule has 1 N–H and O–H groups in total. The molecule has 3 aromatic rings. The second-order valence-electron chi connectivity index (χ2n) is 7.08. The first kappa shape index (κ1) is 18.1.